The monoisotopic (exact) mass is 499 g/mol. The standard InChI is InChI=1S/C22H20F3NO7S/c1-4-31-21(28)14-10-26-15(11(2)3)8-13-12-6-5-7-18(33-34(29,30)22(23,24)25)20(12)32-19(13)16(26)9-17(14)27/h5-7,9-11,15H,4,8H2,1-3H3/t15-/m0/s1. The summed E-state index contributed by atoms with van der Waals surface area (Å²) in [5.74, 6) is -1.18. The van der Waals surface area contributed by atoms with Crippen molar-refractivity contribution >= 4 is 27.1 Å². The topological polar surface area (TPSA) is 105 Å². The van der Waals surface area contributed by atoms with Crippen molar-refractivity contribution in [3.05, 3.63) is 51.8 Å². The van der Waals surface area contributed by atoms with Gasteiger partial charge in [-0.05, 0) is 25.3 Å². The number of alkyl halides is 3. The van der Waals surface area contributed by atoms with E-state index in [-0.39, 0.29) is 35.5 Å². The SMILES string of the molecule is CCOC(=O)c1cn2c(cc1=O)-c1oc3c(OS(=O)(=O)C(F)(F)F)cccc3c1C[C@H]2C(C)C. The Morgan fingerprint density at radius 1 is 1.29 bits per heavy atom. The Hall–Kier alpha value is -3.28. The predicted molar refractivity (Wildman–Crippen MR) is 115 cm³/mol. The average Bonchev–Trinajstić information content (AvgIpc) is 3.11. The van der Waals surface area contributed by atoms with Gasteiger partial charge in [0.25, 0.3) is 0 Å². The third kappa shape index (κ3) is 3.85. The summed E-state index contributed by atoms with van der Waals surface area (Å²) in [5.41, 5.74) is -5.69. The maximum absolute atomic E-state index is 12.9. The van der Waals surface area contributed by atoms with E-state index in [1.54, 1.807) is 17.6 Å². The van der Waals surface area contributed by atoms with Crippen molar-refractivity contribution in [2.24, 2.45) is 5.92 Å². The highest BCUT2D eigenvalue weighted by Crippen LogP contribution is 2.45. The maximum atomic E-state index is 12.9. The number of pyridine rings is 1. The molecule has 34 heavy (non-hydrogen) atoms. The largest absolute Gasteiger partial charge is 0.534 e. The zero-order chi connectivity index (χ0) is 25.0. The Balaban J connectivity index is 1.93. The molecule has 0 unspecified atom stereocenters. The Morgan fingerprint density at radius 3 is 2.62 bits per heavy atom. The lowest BCUT2D eigenvalue weighted by Gasteiger charge is -2.31. The number of nitrogens with zero attached hydrogens (tertiary/aromatic N) is 1. The van der Waals surface area contributed by atoms with Gasteiger partial charge in [-0.25, -0.2) is 4.79 Å². The van der Waals surface area contributed by atoms with Gasteiger partial charge in [0.1, 0.15) is 5.56 Å². The summed E-state index contributed by atoms with van der Waals surface area (Å²) in [6, 6.07) is 4.95. The van der Waals surface area contributed by atoms with Crippen LogP contribution in [0.5, 0.6) is 5.75 Å². The zero-order valence-electron chi connectivity index (χ0n) is 18.3. The Labute approximate surface area is 192 Å². The molecule has 0 aliphatic carbocycles. The number of aromatic nitrogens is 1. The number of carbonyl (C=O) groups is 1. The van der Waals surface area contributed by atoms with E-state index < -0.39 is 32.8 Å². The molecule has 12 heteroatoms. The van der Waals surface area contributed by atoms with Gasteiger partial charge in [0.05, 0.1) is 12.3 Å². The third-order valence-electron chi connectivity index (χ3n) is 5.61. The van der Waals surface area contributed by atoms with Gasteiger partial charge in [-0.3, -0.25) is 4.79 Å². The molecule has 0 radical (unpaired) electrons. The number of furan rings is 1. The van der Waals surface area contributed by atoms with Crippen LogP contribution in [0.3, 0.4) is 0 Å². The highest BCUT2D eigenvalue weighted by atomic mass is 32.2. The minimum Gasteiger partial charge on any atom is -0.462 e. The quantitative estimate of drug-likeness (QED) is 0.291. The fraction of sp³-hybridized carbons (Fsp3) is 0.364. The first-order valence-corrected chi connectivity index (χ1v) is 11.7. The molecule has 4 rings (SSSR count). The highest BCUT2D eigenvalue weighted by molar-refractivity contribution is 7.88. The van der Waals surface area contributed by atoms with Gasteiger partial charge in [-0.2, -0.15) is 21.6 Å². The zero-order valence-corrected chi connectivity index (χ0v) is 19.1. The summed E-state index contributed by atoms with van der Waals surface area (Å²) >= 11 is 0. The molecule has 1 aliphatic heterocycles. The summed E-state index contributed by atoms with van der Waals surface area (Å²) in [6.45, 7) is 5.58. The van der Waals surface area contributed by atoms with Gasteiger partial charge in [0, 0.05) is 29.3 Å². The van der Waals surface area contributed by atoms with Crippen LogP contribution in [0.1, 0.15) is 42.7 Å². The van der Waals surface area contributed by atoms with E-state index in [2.05, 4.69) is 4.18 Å². The van der Waals surface area contributed by atoms with Gasteiger partial charge >= 0.3 is 21.6 Å². The number of fused-ring (bicyclic) bond motifs is 5. The minimum absolute atomic E-state index is 0.0273. The number of hydrogen-bond acceptors (Lipinski definition) is 7. The molecule has 0 spiro atoms. The normalized spacial score (nSPS) is 15.8. The fourth-order valence-corrected chi connectivity index (χ4v) is 4.48. The number of benzene rings is 1. The van der Waals surface area contributed by atoms with Gasteiger partial charge < -0.3 is 17.9 Å². The van der Waals surface area contributed by atoms with E-state index in [1.807, 2.05) is 13.8 Å². The second-order valence-electron chi connectivity index (χ2n) is 8.11. The molecular formula is C22H20F3NO7S. The van der Waals surface area contributed by atoms with Crippen LogP contribution in [0, 0.1) is 5.92 Å². The van der Waals surface area contributed by atoms with Crippen LogP contribution in [0.25, 0.3) is 22.4 Å². The number of ether oxygens (including phenoxy) is 1. The van der Waals surface area contributed by atoms with Crippen molar-refractivity contribution in [2.45, 2.75) is 38.7 Å². The molecule has 3 heterocycles. The second-order valence-corrected chi connectivity index (χ2v) is 9.64. The first kappa shape index (κ1) is 23.9. The first-order valence-electron chi connectivity index (χ1n) is 10.3. The first-order chi connectivity index (χ1) is 15.9. The van der Waals surface area contributed by atoms with Gasteiger partial charge in [-0.15, -0.1) is 0 Å². The smallest absolute Gasteiger partial charge is 0.462 e. The molecule has 3 aromatic rings. The minimum atomic E-state index is -5.92. The van der Waals surface area contributed by atoms with Gasteiger partial charge in [-0.1, -0.05) is 26.0 Å². The van der Waals surface area contributed by atoms with Gasteiger partial charge in [0.15, 0.2) is 22.5 Å². The number of rotatable bonds is 5. The van der Waals surface area contributed by atoms with Crippen molar-refractivity contribution in [2.75, 3.05) is 6.61 Å². The number of para-hydroxylation sites is 1. The number of halogens is 3. The molecule has 0 saturated carbocycles. The van der Waals surface area contributed by atoms with E-state index >= 15 is 0 Å². The average molecular weight is 499 g/mol. The van der Waals surface area contributed by atoms with Crippen LogP contribution in [0.4, 0.5) is 13.2 Å². The molecule has 1 aliphatic rings. The summed E-state index contributed by atoms with van der Waals surface area (Å²) in [4.78, 5) is 24.9. The van der Waals surface area contributed by atoms with E-state index in [1.165, 1.54) is 18.3 Å². The van der Waals surface area contributed by atoms with Crippen LogP contribution >= 0.6 is 0 Å². The van der Waals surface area contributed by atoms with E-state index in [4.69, 9.17) is 9.15 Å². The Kier molecular flexibility index (Phi) is 5.75. The lowest BCUT2D eigenvalue weighted by Crippen LogP contribution is -2.28. The predicted octanol–water partition coefficient (Wildman–Crippen LogP) is 4.42. The molecule has 0 fully saturated rings. The highest BCUT2D eigenvalue weighted by Gasteiger charge is 2.49. The van der Waals surface area contributed by atoms with Gasteiger partial charge in [0.2, 0.25) is 0 Å². The molecule has 0 amide bonds. The van der Waals surface area contributed by atoms with Crippen molar-refractivity contribution in [1.29, 1.82) is 0 Å². The summed E-state index contributed by atoms with van der Waals surface area (Å²) in [6.07, 6.45) is 1.75. The Bertz CT molecular complexity index is 1450. The lowest BCUT2D eigenvalue weighted by molar-refractivity contribution is -0.0499. The maximum Gasteiger partial charge on any atom is 0.534 e. The molecule has 1 atom stereocenters. The number of esters is 1. The fourth-order valence-electron chi connectivity index (χ4n) is 4.02. The van der Waals surface area contributed by atoms with Crippen LogP contribution in [-0.2, 0) is 21.3 Å². The Morgan fingerprint density at radius 2 is 2.00 bits per heavy atom. The molecule has 182 valence electrons. The van der Waals surface area contributed by atoms with Crippen LogP contribution in [0.2, 0.25) is 0 Å². The van der Waals surface area contributed by atoms with Crippen molar-refractivity contribution < 1.29 is 39.7 Å². The molecule has 0 saturated heterocycles. The molecule has 0 bridgehead atoms. The van der Waals surface area contributed by atoms with Crippen LogP contribution < -0.4 is 9.61 Å². The number of carbonyl (C=O) groups excluding carboxylic acids is 1. The van der Waals surface area contributed by atoms with Crippen molar-refractivity contribution in [1.82, 2.24) is 4.57 Å². The van der Waals surface area contributed by atoms with Crippen LogP contribution in [-0.4, -0.2) is 31.1 Å². The molecule has 2 aromatic heterocycles. The lowest BCUT2D eigenvalue weighted by atomic mass is 9.89. The molecule has 0 N–H and O–H groups in total. The summed E-state index contributed by atoms with van der Waals surface area (Å²) < 4.78 is 78.6. The van der Waals surface area contributed by atoms with Crippen molar-refractivity contribution in [3.8, 4) is 17.2 Å². The second kappa shape index (κ2) is 8.19. The van der Waals surface area contributed by atoms with E-state index in [0.717, 1.165) is 6.07 Å². The summed E-state index contributed by atoms with van der Waals surface area (Å²) in [5, 5.41) is 0.365. The number of hydrogen-bond donors (Lipinski definition) is 0. The molecular weight excluding hydrogens is 479 g/mol. The summed E-state index contributed by atoms with van der Waals surface area (Å²) in [7, 11) is -5.92. The van der Waals surface area contributed by atoms with E-state index in [0.29, 0.717) is 23.1 Å². The van der Waals surface area contributed by atoms with Crippen LogP contribution in [0.15, 0.2) is 39.7 Å². The van der Waals surface area contributed by atoms with Crippen molar-refractivity contribution in [3.63, 3.8) is 0 Å². The molecule has 1 aromatic carbocycles. The third-order valence-corrected chi connectivity index (χ3v) is 6.58. The van der Waals surface area contributed by atoms with E-state index in [9.17, 15) is 31.2 Å². The molecule has 8 nitrogen and oxygen atoms in total.